The van der Waals surface area contributed by atoms with Crippen molar-refractivity contribution in [1.82, 2.24) is 15.0 Å². The predicted octanol–water partition coefficient (Wildman–Crippen LogP) is 4.73. The molecule has 0 radical (unpaired) electrons. The van der Waals surface area contributed by atoms with Gasteiger partial charge in [0.1, 0.15) is 42.1 Å². The summed E-state index contributed by atoms with van der Waals surface area (Å²) in [6, 6.07) is 0.119. The van der Waals surface area contributed by atoms with Gasteiger partial charge in [-0.15, -0.1) is 5.10 Å². The maximum atomic E-state index is 15.1. The summed E-state index contributed by atoms with van der Waals surface area (Å²) >= 11 is 0.549. The number of aliphatic hydroxyl groups excluding tert-OH is 1. The zero-order valence-corrected chi connectivity index (χ0v) is 28.4. The third-order valence-electron chi connectivity index (χ3n) is 7.81. The molecule has 1 aliphatic carbocycles. The van der Waals surface area contributed by atoms with Crippen LogP contribution in [0.15, 0.2) is 18.3 Å². The number of aromatic nitrogens is 3. The van der Waals surface area contributed by atoms with Crippen molar-refractivity contribution in [1.29, 1.82) is 0 Å². The Hall–Kier alpha value is -3.35. The van der Waals surface area contributed by atoms with Crippen LogP contribution in [-0.4, -0.2) is 92.4 Å². The largest absolute Gasteiger partial charge is 0.463 e. The van der Waals surface area contributed by atoms with E-state index in [1.54, 1.807) is 20.8 Å². The summed E-state index contributed by atoms with van der Waals surface area (Å²) in [6.45, 7) is 6.90. The van der Waals surface area contributed by atoms with Gasteiger partial charge in [0.05, 0.1) is 19.0 Å². The molecular formula is C31H38F5N3O9S. The van der Waals surface area contributed by atoms with E-state index in [1.165, 1.54) is 13.3 Å². The Morgan fingerprint density at radius 3 is 2.33 bits per heavy atom. The molecule has 18 heteroatoms. The Bertz CT molecular complexity index is 1520. The van der Waals surface area contributed by atoms with Gasteiger partial charge in [0.2, 0.25) is 0 Å². The van der Waals surface area contributed by atoms with Crippen LogP contribution in [0.25, 0.3) is 11.3 Å². The number of rotatable bonds is 10. The number of aliphatic hydroxyl groups is 1. The molecule has 1 saturated heterocycles. The smallest absolute Gasteiger partial charge is 0.307 e. The van der Waals surface area contributed by atoms with E-state index >= 15 is 8.78 Å². The highest BCUT2D eigenvalue weighted by Crippen LogP contribution is 2.52. The molecule has 1 saturated carbocycles. The highest BCUT2D eigenvalue weighted by atomic mass is 32.2. The third-order valence-corrected chi connectivity index (χ3v) is 9.32. The summed E-state index contributed by atoms with van der Waals surface area (Å²) in [5, 5.41) is 19.2. The zero-order valence-electron chi connectivity index (χ0n) is 27.6. The first-order valence-corrected chi connectivity index (χ1v) is 16.1. The van der Waals surface area contributed by atoms with E-state index in [1.807, 2.05) is 0 Å². The Morgan fingerprint density at radius 1 is 1.10 bits per heavy atom. The molecule has 1 aromatic heterocycles. The average molecular weight is 724 g/mol. The minimum absolute atomic E-state index is 0.142. The quantitative estimate of drug-likeness (QED) is 0.119. The maximum Gasteiger partial charge on any atom is 0.307 e. The van der Waals surface area contributed by atoms with Crippen LogP contribution in [0.1, 0.15) is 66.3 Å². The van der Waals surface area contributed by atoms with Crippen molar-refractivity contribution in [2.24, 2.45) is 5.41 Å². The molecular weight excluding hydrogens is 685 g/mol. The number of alkyl halides is 2. The van der Waals surface area contributed by atoms with Gasteiger partial charge >= 0.3 is 17.9 Å². The second-order valence-corrected chi connectivity index (χ2v) is 14.6. The fourth-order valence-electron chi connectivity index (χ4n) is 5.71. The molecule has 0 spiro atoms. The van der Waals surface area contributed by atoms with E-state index in [9.17, 15) is 32.7 Å². The van der Waals surface area contributed by atoms with Crippen LogP contribution in [0.5, 0.6) is 0 Å². The predicted molar refractivity (Wildman–Crippen MR) is 161 cm³/mol. The first kappa shape index (κ1) is 38.5. The lowest BCUT2D eigenvalue weighted by atomic mass is 9.90. The molecule has 1 N–H and O–H groups in total. The molecule has 1 aliphatic heterocycles. The van der Waals surface area contributed by atoms with Crippen molar-refractivity contribution in [2.75, 3.05) is 13.7 Å². The number of carbonyl (C=O) groups excluding carboxylic acids is 3. The number of carbonyl (C=O) groups is 3. The standard InChI is InChI=1S/C31H38F5N3O9S/c1-15(40)45-13-21-26(46-16(2)41)25(39-12-20(37-38-39)17-9-18(32)24(34)19(33)10-17)27(44-6)28(47-21)49-31(48-23(43)11-29(3,4)5)14-30(35,36)8-7-22(31)42/h9-10,12,21-22,25-28,42H,7-8,11,13-14H2,1-6H3/t21-,22?,25+,26+,27-,28+,31?/m1/s1. The van der Waals surface area contributed by atoms with Gasteiger partial charge in [0, 0.05) is 32.9 Å². The van der Waals surface area contributed by atoms with Crippen molar-refractivity contribution < 1.29 is 65.1 Å². The molecule has 2 aliphatic rings. The maximum absolute atomic E-state index is 15.1. The van der Waals surface area contributed by atoms with Gasteiger partial charge in [-0.1, -0.05) is 37.7 Å². The summed E-state index contributed by atoms with van der Waals surface area (Å²) in [5.41, 5.74) is -2.34. The van der Waals surface area contributed by atoms with Crippen LogP contribution in [0, 0.1) is 22.9 Å². The molecule has 4 rings (SSSR count). The van der Waals surface area contributed by atoms with Gasteiger partial charge in [0.25, 0.3) is 5.92 Å². The number of methoxy groups -OCH3 is 1. The molecule has 272 valence electrons. The van der Waals surface area contributed by atoms with Crippen molar-refractivity contribution in [2.45, 2.75) is 107 Å². The van der Waals surface area contributed by atoms with E-state index in [0.29, 0.717) is 23.9 Å². The molecule has 2 fully saturated rings. The highest BCUT2D eigenvalue weighted by Gasteiger charge is 2.59. The molecule has 2 aromatic rings. The Balaban J connectivity index is 1.82. The minimum Gasteiger partial charge on any atom is -0.463 e. The molecule has 7 atom stereocenters. The number of halogens is 5. The number of ether oxygens (including phenoxy) is 5. The first-order valence-electron chi connectivity index (χ1n) is 15.3. The van der Waals surface area contributed by atoms with Gasteiger partial charge < -0.3 is 28.8 Å². The fourth-order valence-corrected chi connectivity index (χ4v) is 7.42. The minimum atomic E-state index is -3.36. The van der Waals surface area contributed by atoms with Gasteiger partial charge in [0.15, 0.2) is 28.5 Å². The van der Waals surface area contributed by atoms with E-state index in [4.69, 9.17) is 23.7 Å². The number of esters is 3. The SMILES string of the molecule is CO[C@@H]1[C@@H](n2cc(-c3cc(F)c(F)c(F)c3)nn2)[C@@H](OC(C)=O)[C@@H](COC(C)=O)O[C@H]1SC1(OC(=O)CC(C)(C)C)CC(F)(F)CCC1O. The monoisotopic (exact) mass is 723 g/mol. The molecule has 49 heavy (non-hydrogen) atoms. The molecule has 1 aromatic carbocycles. The van der Waals surface area contributed by atoms with Crippen molar-refractivity contribution in [3.63, 3.8) is 0 Å². The Kier molecular flexibility index (Phi) is 11.7. The Labute approximate surface area is 282 Å². The fraction of sp³-hybridized carbons (Fsp3) is 0.645. The number of benzene rings is 1. The lowest BCUT2D eigenvalue weighted by Gasteiger charge is -2.49. The first-order chi connectivity index (χ1) is 22.7. The molecule has 2 heterocycles. The van der Waals surface area contributed by atoms with E-state index < -0.39 is 113 Å². The third kappa shape index (κ3) is 9.26. The second-order valence-electron chi connectivity index (χ2n) is 13.2. The number of nitrogens with zero attached hydrogens (tertiary/aromatic N) is 3. The van der Waals surface area contributed by atoms with Gasteiger partial charge in [-0.3, -0.25) is 14.4 Å². The van der Waals surface area contributed by atoms with E-state index in [0.717, 1.165) is 18.5 Å². The van der Waals surface area contributed by atoms with Crippen LogP contribution in [-0.2, 0) is 38.1 Å². The number of thioether (sulfide) groups is 1. The molecule has 0 bridgehead atoms. The van der Waals surface area contributed by atoms with Crippen molar-refractivity contribution in [3.8, 4) is 11.3 Å². The number of hydrogen-bond acceptors (Lipinski definition) is 12. The molecule has 0 amide bonds. The van der Waals surface area contributed by atoms with Crippen molar-refractivity contribution in [3.05, 3.63) is 35.8 Å². The summed E-state index contributed by atoms with van der Waals surface area (Å²) in [6.07, 6.45) is -6.75. The van der Waals surface area contributed by atoms with Gasteiger partial charge in [-0.05, 0) is 24.0 Å². The van der Waals surface area contributed by atoms with Crippen LogP contribution in [0.3, 0.4) is 0 Å². The normalized spacial score (nSPS) is 28.5. The van der Waals surface area contributed by atoms with E-state index in [2.05, 4.69) is 10.3 Å². The topological polar surface area (TPSA) is 148 Å². The van der Waals surface area contributed by atoms with E-state index in [-0.39, 0.29) is 17.7 Å². The Morgan fingerprint density at radius 2 is 1.76 bits per heavy atom. The average Bonchev–Trinajstić information content (AvgIpc) is 3.45. The second kappa shape index (κ2) is 14.9. The summed E-state index contributed by atoms with van der Waals surface area (Å²) in [4.78, 5) is 35.0. The van der Waals surface area contributed by atoms with Crippen LogP contribution in [0.4, 0.5) is 22.0 Å². The van der Waals surface area contributed by atoms with Crippen LogP contribution in [0.2, 0.25) is 0 Å². The van der Waals surface area contributed by atoms with Crippen LogP contribution < -0.4 is 0 Å². The lowest BCUT2D eigenvalue weighted by molar-refractivity contribution is -0.211. The summed E-state index contributed by atoms with van der Waals surface area (Å²) in [7, 11) is 1.22. The summed E-state index contributed by atoms with van der Waals surface area (Å²) in [5.74, 6) is -10.4. The van der Waals surface area contributed by atoms with Gasteiger partial charge in [-0.2, -0.15) is 0 Å². The lowest BCUT2D eigenvalue weighted by Crippen LogP contribution is -2.60. The van der Waals surface area contributed by atoms with Gasteiger partial charge in [-0.25, -0.2) is 26.6 Å². The molecule has 12 nitrogen and oxygen atoms in total. The van der Waals surface area contributed by atoms with Crippen molar-refractivity contribution >= 4 is 29.7 Å². The van der Waals surface area contributed by atoms with Crippen LogP contribution >= 0.6 is 11.8 Å². The highest BCUT2D eigenvalue weighted by molar-refractivity contribution is 8.01. The molecule has 2 unspecified atom stereocenters. The zero-order chi connectivity index (χ0) is 36.5. The summed E-state index contributed by atoms with van der Waals surface area (Å²) < 4.78 is 101. The number of hydrogen-bond donors (Lipinski definition) is 1.